The van der Waals surface area contributed by atoms with Crippen molar-refractivity contribution in [3.8, 4) is 0 Å². The number of rotatable bonds is 4. The highest BCUT2D eigenvalue weighted by Gasteiger charge is 2.51. The molecule has 8 nitrogen and oxygen atoms in total. The molecule has 1 saturated heterocycles. The van der Waals surface area contributed by atoms with Crippen LogP contribution in [0.25, 0.3) is 0 Å². The second kappa shape index (κ2) is 5.35. The Hall–Kier alpha value is -1.52. The Bertz CT molecular complexity index is 644. The molecule has 1 aromatic heterocycles. The summed E-state index contributed by atoms with van der Waals surface area (Å²) in [5.74, 6) is 0.243. The second-order valence-electron chi connectivity index (χ2n) is 4.68. The van der Waals surface area contributed by atoms with Crippen LogP contribution in [0.4, 0.5) is 0 Å². The number of thioether (sulfide) groups is 2. The summed E-state index contributed by atoms with van der Waals surface area (Å²) in [5.41, 5.74) is 6.45. The van der Waals surface area contributed by atoms with Crippen LogP contribution >= 0.6 is 23.5 Å². The van der Waals surface area contributed by atoms with E-state index >= 15 is 0 Å². The van der Waals surface area contributed by atoms with Gasteiger partial charge in [0.1, 0.15) is 22.9 Å². The van der Waals surface area contributed by atoms with Crippen molar-refractivity contribution >= 4 is 35.4 Å². The molecule has 1 fully saturated rings. The van der Waals surface area contributed by atoms with Crippen LogP contribution in [0, 0.1) is 6.92 Å². The quantitative estimate of drug-likeness (QED) is 0.512. The van der Waals surface area contributed by atoms with Gasteiger partial charge in [0.2, 0.25) is 11.1 Å². The van der Waals surface area contributed by atoms with Crippen LogP contribution in [0.1, 0.15) is 5.82 Å². The van der Waals surface area contributed by atoms with Gasteiger partial charge in [-0.15, -0.1) is 16.9 Å². The number of H-pyrrole nitrogens is 1. The number of aromatic nitrogens is 3. The molecule has 3 heterocycles. The van der Waals surface area contributed by atoms with E-state index in [1.54, 1.807) is 6.92 Å². The van der Waals surface area contributed by atoms with Crippen molar-refractivity contribution in [2.24, 2.45) is 5.73 Å². The number of nitrogens with one attached hydrogen (secondary N) is 1. The number of aliphatic carboxylic acids is 1. The number of carbonyl (C=O) groups is 2. The first-order chi connectivity index (χ1) is 9.99. The van der Waals surface area contributed by atoms with Crippen LogP contribution in [-0.4, -0.2) is 60.0 Å². The topological polar surface area (TPSA) is 125 Å². The smallest absolute Gasteiger partial charge is 0.352 e. The molecular weight excluding hydrogens is 314 g/mol. The zero-order valence-corrected chi connectivity index (χ0v) is 12.7. The fourth-order valence-electron chi connectivity index (χ4n) is 2.23. The van der Waals surface area contributed by atoms with Crippen LogP contribution in [0.2, 0.25) is 0 Å². The molecular formula is C11H13N5O3S2. The monoisotopic (exact) mass is 327 g/mol. The summed E-state index contributed by atoms with van der Waals surface area (Å²) in [6.07, 6.45) is 0. The minimum Gasteiger partial charge on any atom is -0.477 e. The lowest BCUT2D eigenvalue weighted by atomic mass is 10.0. The van der Waals surface area contributed by atoms with Crippen LogP contribution < -0.4 is 5.73 Å². The van der Waals surface area contributed by atoms with E-state index in [4.69, 9.17) is 5.73 Å². The summed E-state index contributed by atoms with van der Waals surface area (Å²) in [4.78, 5) is 28.7. The SMILES string of the molecule is Cc1nc(SCC2=C(C(=O)O)N3C(=O)C(N)[C@@H]3SC2)n[nH]1. The minimum absolute atomic E-state index is 0.0604. The van der Waals surface area contributed by atoms with E-state index in [1.165, 1.54) is 28.4 Å². The molecule has 0 aliphatic carbocycles. The number of carboxylic acids is 1. The van der Waals surface area contributed by atoms with E-state index in [-0.39, 0.29) is 17.0 Å². The molecule has 10 heteroatoms. The fraction of sp³-hybridized carbons (Fsp3) is 0.455. The van der Waals surface area contributed by atoms with Gasteiger partial charge in [0.25, 0.3) is 0 Å². The largest absolute Gasteiger partial charge is 0.477 e. The maximum atomic E-state index is 11.8. The summed E-state index contributed by atoms with van der Waals surface area (Å²) >= 11 is 2.83. The van der Waals surface area contributed by atoms with Crippen LogP contribution in [0.5, 0.6) is 0 Å². The summed E-state index contributed by atoms with van der Waals surface area (Å²) in [5, 5.41) is 16.4. The number of aromatic amines is 1. The number of nitrogens with zero attached hydrogens (tertiary/aromatic N) is 3. The number of aryl methyl sites for hydroxylation is 1. The van der Waals surface area contributed by atoms with Crippen molar-refractivity contribution in [3.63, 3.8) is 0 Å². The number of carbonyl (C=O) groups excluding carboxylic acids is 1. The molecule has 2 aliphatic rings. The Morgan fingerprint density at radius 1 is 1.67 bits per heavy atom. The molecule has 0 radical (unpaired) electrons. The summed E-state index contributed by atoms with van der Waals surface area (Å²) in [6, 6.07) is -0.603. The molecule has 1 amide bonds. The molecule has 2 aliphatic heterocycles. The number of nitrogens with two attached hydrogens (primary N) is 1. The van der Waals surface area contributed by atoms with Crippen molar-refractivity contribution < 1.29 is 14.7 Å². The molecule has 1 aromatic rings. The number of β-lactam (4-membered cyclic amide) rings is 1. The molecule has 0 bridgehead atoms. The van der Waals surface area contributed by atoms with E-state index < -0.39 is 12.0 Å². The second-order valence-corrected chi connectivity index (χ2v) is 6.73. The van der Waals surface area contributed by atoms with Crippen molar-refractivity contribution in [1.82, 2.24) is 20.1 Å². The third kappa shape index (κ3) is 2.43. The van der Waals surface area contributed by atoms with Gasteiger partial charge in [0, 0.05) is 11.5 Å². The molecule has 2 atom stereocenters. The normalized spacial score (nSPS) is 24.9. The van der Waals surface area contributed by atoms with Gasteiger partial charge in [-0.05, 0) is 12.5 Å². The first-order valence-corrected chi connectivity index (χ1v) is 8.20. The Morgan fingerprint density at radius 2 is 2.43 bits per heavy atom. The highest BCUT2D eigenvalue weighted by molar-refractivity contribution is 8.01. The molecule has 0 spiro atoms. The van der Waals surface area contributed by atoms with Gasteiger partial charge >= 0.3 is 5.97 Å². The number of carboxylic acid groups (broad SMARTS) is 1. The van der Waals surface area contributed by atoms with Crippen LogP contribution in [0.15, 0.2) is 16.4 Å². The van der Waals surface area contributed by atoms with Crippen molar-refractivity contribution in [1.29, 1.82) is 0 Å². The number of hydrogen-bond acceptors (Lipinski definition) is 7. The molecule has 0 aromatic carbocycles. The van der Waals surface area contributed by atoms with E-state index in [1.807, 2.05) is 0 Å². The zero-order chi connectivity index (χ0) is 15.1. The lowest BCUT2D eigenvalue weighted by Crippen LogP contribution is -2.68. The maximum absolute atomic E-state index is 11.8. The Morgan fingerprint density at radius 3 is 3.05 bits per heavy atom. The van der Waals surface area contributed by atoms with Gasteiger partial charge in [-0.3, -0.25) is 14.8 Å². The molecule has 0 saturated carbocycles. The van der Waals surface area contributed by atoms with Gasteiger partial charge in [-0.2, -0.15) is 0 Å². The highest BCUT2D eigenvalue weighted by Crippen LogP contribution is 2.40. The Kier molecular flexibility index (Phi) is 3.68. The average Bonchev–Trinajstić information content (AvgIpc) is 2.88. The molecule has 4 N–H and O–H groups in total. The lowest BCUT2D eigenvalue weighted by molar-refractivity contribution is -0.147. The van der Waals surface area contributed by atoms with E-state index in [0.29, 0.717) is 28.1 Å². The lowest BCUT2D eigenvalue weighted by Gasteiger charge is -2.48. The predicted molar refractivity (Wildman–Crippen MR) is 77.6 cm³/mol. The Balaban J connectivity index is 1.81. The highest BCUT2D eigenvalue weighted by atomic mass is 32.2. The minimum atomic E-state index is -1.10. The van der Waals surface area contributed by atoms with E-state index in [2.05, 4.69) is 15.2 Å². The predicted octanol–water partition coefficient (Wildman–Crippen LogP) is -0.214. The van der Waals surface area contributed by atoms with Gasteiger partial charge in [-0.25, -0.2) is 9.78 Å². The maximum Gasteiger partial charge on any atom is 0.352 e. The number of fused-ring (bicyclic) bond motifs is 1. The van der Waals surface area contributed by atoms with E-state index in [9.17, 15) is 14.7 Å². The third-order valence-electron chi connectivity index (χ3n) is 3.24. The Labute approximate surface area is 128 Å². The third-order valence-corrected chi connectivity index (χ3v) is 5.54. The van der Waals surface area contributed by atoms with Crippen LogP contribution in [-0.2, 0) is 9.59 Å². The molecule has 1 unspecified atom stereocenters. The first-order valence-electron chi connectivity index (χ1n) is 6.16. The summed E-state index contributed by atoms with van der Waals surface area (Å²) in [7, 11) is 0. The number of amides is 1. The average molecular weight is 327 g/mol. The van der Waals surface area contributed by atoms with Gasteiger partial charge in [-0.1, -0.05) is 11.8 Å². The molecule has 3 rings (SSSR count). The first kappa shape index (κ1) is 14.4. The number of hydrogen-bond donors (Lipinski definition) is 3. The van der Waals surface area contributed by atoms with Crippen molar-refractivity contribution in [3.05, 3.63) is 17.1 Å². The zero-order valence-electron chi connectivity index (χ0n) is 11.1. The molecule has 112 valence electrons. The van der Waals surface area contributed by atoms with E-state index in [0.717, 1.165) is 0 Å². The van der Waals surface area contributed by atoms with Crippen molar-refractivity contribution in [2.75, 3.05) is 11.5 Å². The standard InChI is InChI=1S/C11H13N5O3S2/c1-4-13-11(15-14-4)21-3-5-2-20-9-6(12)8(17)16(9)7(5)10(18)19/h6,9H,2-3,12H2,1H3,(H,18,19)(H,13,14,15)/t6?,9-/m0/s1. The molecule has 21 heavy (non-hydrogen) atoms. The summed E-state index contributed by atoms with van der Waals surface area (Å²) < 4.78 is 0. The van der Waals surface area contributed by atoms with Gasteiger partial charge in [0.05, 0.1) is 0 Å². The fourth-order valence-corrected chi connectivity index (χ4v) is 4.51. The summed E-state index contributed by atoms with van der Waals surface area (Å²) in [6.45, 7) is 1.79. The van der Waals surface area contributed by atoms with Crippen LogP contribution in [0.3, 0.4) is 0 Å². The van der Waals surface area contributed by atoms with Gasteiger partial charge < -0.3 is 10.8 Å². The van der Waals surface area contributed by atoms with Gasteiger partial charge in [0.15, 0.2) is 0 Å². The van der Waals surface area contributed by atoms with Crippen molar-refractivity contribution in [2.45, 2.75) is 23.5 Å².